The number of amides is 1. The van der Waals surface area contributed by atoms with E-state index in [4.69, 9.17) is 5.21 Å². The molecule has 0 aliphatic heterocycles. The molecule has 0 bridgehead atoms. The van der Waals surface area contributed by atoms with Gasteiger partial charge in [-0.15, -0.1) is 0 Å². The third-order valence-corrected chi connectivity index (χ3v) is 5.98. The van der Waals surface area contributed by atoms with E-state index in [9.17, 15) is 14.3 Å². The highest BCUT2D eigenvalue weighted by Crippen LogP contribution is 2.36. The van der Waals surface area contributed by atoms with Gasteiger partial charge in [0.25, 0.3) is 5.91 Å². The number of carbonyl (C=O) groups is 1. The Kier molecular flexibility index (Phi) is 6.46. The summed E-state index contributed by atoms with van der Waals surface area (Å²) in [6.07, 6.45) is 7.60. The number of aryl methyl sites for hydroxylation is 1. The molecule has 1 aliphatic carbocycles. The number of fused-ring (bicyclic) bond motifs is 2. The lowest BCUT2D eigenvalue weighted by atomic mass is 10.0. The van der Waals surface area contributed by atoms with E-state index in [0.29, 0.717) is 6.54 Å². The molecule has 0 spiro atoms. The van der Waals surface area contributed by atoms with Crippen molar-refractivity contribution < 1.29 is 19.5 Å². The van der Waals surface area contributed by atoms with Crippen LogP contribution in [0.3, 0.4) is 0 Å². The predicted molar refractivity (Wildman–Crippen MR) is 117 cm³/mol. The smallest absolute Gasteiger partial charge is 0.267 e. The second-order valence-electron chi connectivity index (χ2n) is 7.84. The van der Waals surface area contributed by atoms with E-state index in [-0.39, 0.29) is 18.5 Å². The fourth-order valence-corrected chi connectivity index (χ4v) is 4.49. The number of hydrogen-bond donors (Lipinski definition) is 4. The van der Waals surface area contributed by atoms with Gasteiger partial charge in [-0.25, -0.2) is 9.87 Å². The van der Waals surface area contributed by atoms with Crippen molar-refractivity contribution in [3.63, 3.8) is 0 Å². The number of hydroxylamine groups is 1. The Balaban J connectivity index is 1.49. The maximum Gasteiger partial charge on any atom is 0.267 e. The molecule has 162 valence electrons. The highest BCUT2D eigenvalue weighted by atomic mass is 19.1. The van der Waals surface area contributed by atoms with Gasteiger partial charge in [-0.1, -0.05) is 18.2 Å². The lowest BCUT2D eigenvalue weighted by Gasteiger charge is -2.29. The number of nitrogens with zero attached hydrogens (tertiary/aromatic N) is 1. The second kappa shape index (κ2) is 9.43. The van der Waals surface area contributed by atoms with Gasteiger partial charge in [0.1, 0.15) is 5.82 Å². The minimum atomic E-state index is -0.562. The summed E-state index contributed by atoms with van der Waals surface area (Å²) in [5.74, 6) is -0.816. The average molecular weight is 423 g/mol. The second-order valence-corrected chi connectivity index (χ2v) is 7.84. The number of benzene rings is 2. The lowest BCUT2D eigenvalue weighted by molar-refractivity contribution is -0.124. The summed E-state index contributed by atoms with van der Waals surface area (Å²) in [7, 11) is 0. The fraction of sp³-hybridized carbons (Fsp3) is 0.292. The first-order chi connectivity index (χ1) is 15.1. The van der Waals surface area contributed by atoms with Crippen LogP contribution >= 0.6 is 0 Å². The summed E-state index contributed by atoms with van der Waals surface area (Å²) in [5, 5.41) is 19.3. The number of hydrogen-bond acceptors (Lipinski definition) is 4. The molecule has 1 heterocycles. The number of aromatic nitrogens is 1. The van der Waals surface area contributed by atoms with E-state index in [2.05, 4.69) is 22.0 Å². The molecule has 0 saturated heterocycles. The van der Waals surface area contributed by atoms with Gasteiger partial charge in [-0.2, -0.15) is 0 Å². The number of nitrogens with one attached hydrogen (secondary N) is 2. The van der Waals surface area contributed by atoms with Crippen LogP contribution in [0.2, 0.25) is 0 Å². The van der Waals surface area contributed by atoms with Gasteiger partial charge in [0.2, 0.25) is 0 Å². The maximum atomic E-state index is 13.4. The van der Waals surface area contributed by atoms with Crippen LogP contribution in [0.25, 0.3) is 17.0 Å². The number of aliphatic hydroxyl groups is 1. The van der Waals surface area contributed by atoms with Crippen LogP contribution in [0.5, 0.6) is 0 Å². The monoisotopic (exact) mass is 423 g/mol. The fourth-order valence-electron chi connectivity index (χ4n) is 4.49. The van der Waals surface area contributed by atoms with Gasteiger partial charge in [-0.05, 0) is 65.8 Å². The molecule has 1 amide bonds. The predicted octanol–water partition coefficient (Wildman–Crippen LogP) is 3.35. The first-order valence-electron chi connectivity index (χ1n) is 10.4. The van der Waals surface area contributed by atoms with Crippen molar-refractivity contribution in [2.24, 2.45) is 0 Å². The normalized spacial score (nSPS) is 15.8. The third kappa shape index (κ3) is 4.69. The van der Waals surface area contributed by atoms with Gasteiger partial charge in [0, 0.05) is 42.3 Å². The van der Waals surface area contributed by atoms with Crippen molar-refractivity contribution in [2.75, 3.05) is 19.7 Å². The molecule has 0 fully saturated rings. The van der Waals surface area contributed by atoms with E-state index in [0.717, 1.165) is 47.8 Å². The molecular formula is C24H26FN3O3. The molecule has 1 atom stereocenters. The van der Waals surface area contributed by atoms with Crippen molar-refractivity contribution in [1.29, 1.82) is 0 Å². The zero-order chi connectivity index (χ0) is 21.8. The van der Waals surface area contributed by atoms with E-state index >= 15 is 0 Å². The quantitative estimate of drug-likeness (QED) is 0.254. The minimum absolute atomic E-state index is 0.0853. The van der Waals surface area contributed by atoms with Gasteiger partial charge in [0.15, 0.2) is 0 Å². The minimum Gasteiger partial charge on any atom is -0.395 e. The van der Waals surface area contributed by atoms with Crippen LogP contribution in [0, 0.1) is 5.82 Å². The van der Waals surface area contributed by atoms with Crippen molar-refractivity contribution >= 4 is 22.9 Å². The van der Waals surface area contributed by atoms with Crippen LogP contribution in [0.1, 0.15) is 34.7 Å². The largest absolute Gasteiger partial charge is 0.395 e. The zero-order valence-corrected chi connectivity index (χ0v) is 17.1. The summed E-state index contributed by atoms with van der Waals surface area (Å²) in [6, 6.07) is 11.1. The molecule has 2 aromatic carbocycles. The van der Waals surface area contributed by atoms with Gasteiger partial charge in [0.05, 0.1) is 6.61 Å². The molecule has 3 aromatic rings. The number of H-pyrrole nitrogens is 1. The molecule has 1 aliphatic rings. The van der Waals surface area contributed by atoms with E-state index in [1.807, 2.05) is 18.3 Å². The highest BCUT2D eigenvalue weighted by molar-refractivity contribution is 5.90. The molecule has 1 unspecified atom stereocenters. The topological polar surface area (TPSA) is 88.6 Å². The molecule has 31 heavy (non-hydrogen) atoms. The molecule has 1 aromatic heterocycles. The van der Waals surface area contributed by atoms with Gasteiger partial charge >= 0.3 is 0 Å². The zero-order valence-electron chi connectivity index (χ0n) is 17.1. The Morgan fingerprint density at radius 1 is 1.26 bits per heavy atom. The van der Waals surface area contributed by atoms with E-state index < -0.39 is 5.91 Å². The van der Waals surface area contributed by atoms with Crippen LogP contribution in [-0.2, 0) is 17.6 Å². The Bertz CT molecular complexity index is 1110. The third-order valence-electron chi connectivity index (χ3n) is 5.98. The van der Waals surface area contributed by atoms with Crippen molar-refractivity contribution in [2.45, 2.75) is 25.3 Å². The van der Waals surface area contributed by atoms with Crippen LogP contribution in [0.4, 0.5) is 4.39 Å². The molecular weight excluding hydrogens is 397 g/mol. The van der Waals surface area contributed by atoms with Crippen LogP contribution in [-0.4, -0.2) is 45.8 Å². The summed E-state index contributed by atoms with van der Waals surface area (Å²) in [4.78, 5) is 16.7. The van der Waals surface area contributed by atoms with Gasteiger partial charge in [-0.3, -0.25) is 14.9 Å². The Labute approximate surface area is 180 Å². The van der Waals surface area contributed by atoms with Crippen molar-refractivity contribution in [3.8, 4) is 0 Å². The van der Waals surface area contributed by atoms with Crippen molar-refractivity contribution in [1.82, 2.24) is 15.4 Å². The average Bonchev–Trinajstić information content (AvgIpc) is 3.38. The molecule has 4 N–H and O–H groups in total. The molecule has 7 heteroatoms. The summed E-state index contributed by atoms with van der Waals surface area (Å²) >= 11 is 0. The Hall–Kier alpha value is -3.00. The molecule has 6 nitrogen and oxygen atoms in total. The SMILES string of the molecule is O=C(C=Cc1ccc2c(c1)CCC2N(CCO)CCc1c[nH]c2cc(F)ccc12)NO. The number of aromatic amines is 1. The Morgan fingerprint density at radius 2 is 2.13 bits per heavy atom. The summed E-state index contributed by atoms with van der Waals surface area (Å²) in [6.45, 7) is 1.45. The number of halogens is 1. The van der Waals surface area contributed by atoms with E-state index in [1.165, 1.54) is 29.3 Å². The highest BCUT2D eigenvalue weighted by Gasteiger charge is 2.27. The first-order valence-corrected chi connectivity index (χ1v) is 10.4. The number of aliphatic hydroxyl groups excluding tert-OH is 1. The van der Waals surface area contributed by atoms with Crippen molar-refractivity contribution in [3.05, 3.63) is 76.7 Å². The molecule has 0 saturated carbocycles. The lowest BCUT2D eigenvalue weighted by Crippen LogP contribution is -2.32. The van der Waals surface area contributed by atoms with Crippen LogP contribution < -0.4 is 5.48 Å². The number of carbonyl (C=O) groups excluding carboxylic acids is 1. The maximum absolute atomic E-state index is 13.4. The van der Waals surface area contributed by atoms with Gasteiger partial charge < -0.3 is 10.1 Å². The summed E-state index contributed by atoms with van der Waals surface area (Å²) < 4.78 is 13.4. The first kappa shape index (κ1) is 21.2. The van der Waals surface area contributed by atoms with Crippen LogP contribution in [0.15, 0.2) is 48.7 Å². The van der Waals surface area contributed by atoms with E-state index in [1.54, 1.807) is 11.6 Å². The molecule has 0 radical (unpaired) electrons. The number of rotatable bonds is 8. The Morgan fingerprint density at radius 3 is 2.94 bits per heavy atom. The summed E-state index contributed by atoms with van der Waals surface area (Å²) in [5.41, 5.74) is 6.91. The molecule has 4 rings (SSSR count). The standard InChI is InChI=1S/C24H26FN3O3/c25-19-4-6-20-18(15-26-22(20)14-19)9-10-28(11-12-29)23-7-3-17-13-16(1-5-21(17)23)2-8-24(30)27-31/h1-2,4-6,8,13-15,23,26,29,31H,3,7,9-12H2,(H,27,30).